The number of rotatable bonds is 6. The fourth-order valence-corrected chi connectivity index (χ4v) is 2.11. The van der Waals surface area contributed by atoms with Gasteiger partial charge in [-0.15, -0.1) is 0 Å². The molecule has 1 heterocycles. The van der Waals surface area contributed by atoms with Crippen molar-refractivity contribution in [2.24, 2.45) is 0 Å². The molecule has 3 heteroatoms. The van der Waals surface area contributed by atoms with Crippen LogP contribution in [0.1, 0.15) is 26.2 Å². The maximum Gasteiger partial charge on any atom is 0.121 e. The van der Waals surface area contributed by atoms with E-state index in [4.69, 9.17) is 9.47 Å². The Balaban J connectivity index is 1.75. The van der Waals surface area contributed by atoms with Gasteiger partial charge >= 0.3 is 0 Å². The zero-order valence-corrected chi connectivity index (χ0v) is 10.4. The molecular formula is C14H21NO2. The lowest BCUT2D eigenvalue weighted by Crippen LogP contribution is -2.12. The second-order valence-corrected chi connectivity index (χ2v) is 4.31. The summed E-state index contributed by atoms with van der Waals surface area (Å²) >= 11 is 0. The Labute approximate surface area is 103 Å². The number of ether oxygens (including phenoxy) is 2. The zero-order valence-electron chi connectivity index (χ0n) is 10.4. The van der Waals surface area contributed by atoms with Gasteiger partial charge in [0, 0.05) is 24.9 Å². The molecule has 0 saturated carbocycles. The SMILES string of the molecule is CCOc1cccc(NCCC2CCCO2)c1. The van der Waals surface area contributed by atoms with Gasteiger partial charge in [0.15, 0.2) is 0 Å². The first-order valence-electron chi connectivity index (χ1n) is 6.47. The molecule has 0 aliphatic carbocycles. The molecule has 0 amide bonds. The molecule has 1 N–H and O–H groups in total. The van der Waals surface area contributed by atoms with Gasteiger partial charge in [-0.05, 0) is 38.3 Å². The summed E-state index contributed by atoms with van der Waals surface area (Å²) < 4.78 is 11.1. The molecule has 0 radical (unpaired) electrons. The summed E-state index contributed by atoms with van der Waals surface area (Å²) in [4.78, 5) is 0. The zero-order chi connectivity index (χ0) is 11.9. The van der Waals surface area contributed by atoms with Gasteiger partial charge in [0.2, 0.25) is 0 Å². The van der Waals surface area contributed by atoms with Crippen LogP contribution in [0.3, 0.4) is 0 Å². The van der Waals surface area contributed by atoms with E-state index in [2.05, 4.69) is 11.4 Å². The standard InChI is InChI=1S/C14H21NO2/c1-2-16-14-6-3-5-12(11-14)15-9-8-13-7-4-10-17-13/h3,5-6,11,13,15H,2,4,7-10H2,1H3. The van der Waals surface area contributed by atoms with Gasteiger partial charge in [-0.3, -0.25) is 0 Å². The molecule has 94 valence electrons. The molecule has 1 aromatic rings. The van der Waals surface area contributed by atoms with Crippen molar-refractivity contribution < 1.29 is 9.47 Å². The van der Waals surface area contributed by atoms with E-state index >= 15 is 0 Å². The fraction of sp³-hybridized carbons (Fsp3) is 0.571. The predicted octanol–water partition coefficient (Wildman–Crippen LogP) is 3.07. The van der Waals surface area contributed by atoms with Crippen molar-refractivity contribution in [2.75, 3.05) is 25.1 Å². The lowest BCUT2D eigenvalue weighted by Gasteiger charge is -2.11. The summed E-state index contributed by atoms with van der Waals surface area (Å²) in [5.74, 6) is 0.926. The van der Waals surface area contributed by atoms with E-state index in [-0.39, 0.29) is 0 Å². The van der Waals surface area contributed by atoms with E-state index in [0.29, 0.717) is 12.7 Å². The summed E-state index contributed by atoms with van der Waals surface area (Å²) in [6.45, 7) is 4.60. The summed E-state index contributed by atoms with van der Waals surface area (Å²) in [5.41, 5.74) is 1.12. The van der Waals surface area contributed by atoms with Crippen LogP contribution in [0.15, 0.2) is 24.3 Å². The molecule has 1 unspecified atom stereocenters. The summed E-state index contributed by atoms with van der Waals surface area (Å²) in [6, 6.07) is 8.10. The molecule has 1 aliphatic heterocycles. The Morgan fingerprint density at radius 3 is 3.18 bits per heavy atom. The normalized spacial score (nSPS) is 19.2. The van der Waals surface area contributed by atoms with Crippen molar-refractivity contribution in [3.8, 4) is 5.75 Å². The summed E-state index contributed by atoms with van der Waals surface area (Å²) in [6.07, 6.45) is 3.96. The quantitative estimate of drug-likeness (QED) is 0.822. The molecule has 3 nitrogen and oxygen atoms in total. The molecular weight excluding hydrogens is 214 g/mol. The van der Waals surface area contributed by atoms with Crippen LogP contribution in [-0.2, 0) is 4.74 Å². The van der Waals surface area contributed by atoms with Gasteiger partial charge in [0.05, 0.1) is 12.7 Å². The Hall–Kier alpha value is -1.22. The van der Waals surface area contributed by atoms with Crippen molar-refractivity contribution in [2.45, 2.75) is 32.3 Å². The van der Waals surface area contributed by atoms with Gasteiger partial charge in [-0.1, -0.05) is 6.07 Å². The van der Waals surface area contributed by atoms with Crippen LogP contribution in [0.5, 0.6) is 5.75 Å². The van der Waals surface area contributed by atoms with Crippen molar-refractivity contribution in [1.29, 1.82) is 0 Å². The monoisotopic (exact) mass is 235 g/mol. The molecule has 1 saturated heterocycles. The number of nitrogens with one attached hydrogen (secondary N) is 1. The molecule has 0 spiro atoms. The van der Waals surface area contributed by atoms with Crippen LogP contribution in [0.4, 0.5) is 5.69 Å². The molecule has 1 atom stereocenters. The first-order valence-corrected chi connectivity index (χ1v) is 6.47. The van der Waals surface area contributed by atoms with E-state index in [9.17, 15) is 0 Å². The number of hydrogen-bond acceptors (Lipinski definition) is 3. The molecule has 1 fully saturated rings. The average Bonchev–Trinajstić information content (AvgIpc) is 2.83. The maximum atomic E-state index is 5.59. The van der Waals surface area contributed by atoms with Crippen molar-refractivity contribution >= 4 is 5.69 Å². The minimum absolute atomic E-state index is 0.456. The second kappa shape index (κ2) is 6.50. The molecule has 0 aromatic heterocycles. The number of benzene rings is 1. The van der Waals surface area contributed by atoms with E-state index in [1.54, 1.807) is 0 Å². The van der Waals surface area contributed by atoms with Crippen molar-refractivity contribution in [1.82, 2.24) is 0 Å². The van der Waals surface area contributed by atoms with Gasteiger partial charge < -0.3 is 14.8 Å². The molecule has 17 heavy (non-hydrogen) atoms. The van der Waals surface area contributed by atoms with Crippen LogP contribution in [0.25, 0.3) is 0 Å². The third-order valence-electron chi connectivity index (χ3n) is 2.96. The van der Waals surface area contributed by atoms with Gasteiger partial charge in [-0.25, -0.2) is 0 Å². The third kappa shape index (κ3) is 3.93. The van der Waals surface area contributed by atoms with Gasteiger partial charge in [-0.2, -0.15) is 0 Å². The van der Waals surface area contributed by atoms with E-state index in [0.717, 1.165) is 31.0 Å². The van der Waals surface area contributed by atoms with Crippen LogP contribution in [0, 0.1) is 0 Å². The molecule has 1 aliphatic rings. The van der Waals surface area contributed by atoms with Crippen LogP contribution < -0.4 is 10.1 Å². The second-order valence-electron chi connectivity index (χ2n) is 4.31. The van der Waals surface area contributed by atoms with E-state index < -0.39 is 0 Å². The number of anilines is 1. The Morgan fingerprint density at radius 2 is 2.41 bits per heavy atom. The maximum absolute atomic E-state index is 5.59. The van der Waals surface area contributed by atoms with Crippen LogP contribution in [-0.4, -0.2) is 25.9 Å². The average molecular weight is 235 g/mol. The fourth-order valence-electron chi connectivity index (χ4n) is 2.11. The topological polar surface area (TPSA) is 30.5 Å². The van der Waals surface area contributed by atoms with Crippen molar-refractivity contribution in [3.63, 3.8) is 0 Å². The highest BCUT2D eigenvalue weighted by molar-refractivity contribution is 5.48. The van der Waals surface area contributed by atoms with Gasteiger partial charge in [0.25, 0.3) is 0 Å². The highest BCUT2D eigenvalue weighted by Gasteiger charge is 2.14. The predicted molar refractivity (Wildman–Crippen MR) is 69.7 cm³/mol. The van der Waals surface area contributed by atoms with Crippen LogP contribution >= 0.6 is 0 Å². The summed E-state index contributed by atoms with van der Waals surface area (Å²) in [5, 5.41) is 3.41. The first kappa shape index (κ1) is 12.2. The third-order valence-corrected chi connectivity index (χ3v) is 2.96. The van der Waals surface area contributed by atoms with Crippen molar-refractivity contribution in [3.05, 3.63) is 24.3 Å². The van der Waals surface area contributed by atoms with E-state index in [1.165, 1.54) is 12.8 Å². The Kier molecular flexibility index (Phi) is 4.68. The highest BCUT2D eigenvalue weighted by Crippen LogP contribution is 2.19. The lowest BCUT2D eigenvalue weighted by molar-refractivity contribution is 0.107. The highest BCUT2D eigenvalue weighted by atomic mass is 16.5. The Morgan fingerprint density at radius 1 is 1.47 bits per heavy atom. The van der Waals surface area contributed by atoms with Gasteiger partial charge in [0.1, 0.15) is 5.75 Å². The molecule has 2 rings (SSSR count). The number of hydrogen-bond donors (Lipinski definition) is 1. The summed E-state index contributed by atoms with van der Waals surface area (Å²) in [7, 11) is 0. The smallest absolute Gasteiger partial charge is 0.121 e. The molecule has 0 bridgehead atoms. The molecule has 1 aromatic carbocycles. The largest absolute Gasteiger partial charge is 0.494 e. The Bertz CT molecular complexity index is 335. The first-order chi connectivity index (χ1) is 8.38. The van der Waals surface area contributed by atoms with Crippen LogP contribution in [0.2, 0.25) is 0 Å². The minimum atomic E-state index is 0.456. The lowest BCUT2D eigenvalue weighted by atomic mass is 10.2. The van der Waals surface area contributed by atoms with E-state index in [1.807, 2.05) is 25.1 Å². The minimum Gasteiger partial charge on any atom is -0.494 e.